The Labute approximate surface area is 174 Å². The first-order valence-electron chi connectivity index (χ1n) is 9.30. The lowest BCUT2D eigenvalue weighted by atomic mass is 9.89. The van der Waals surface area contributed by atoms with Crippen molar-refractivity contribution in [3.8, 4) is 0 Å². The normalized spacial score (nSPS) is 17.8. The molecule has 9 heteroatoms. The smallest absolute Gasteiger partial charge is 0.262 e. The van der Waals surface area contributed by atoms with Gasteiger partial charge in [0.2, 0.25) is 12.3 Å². The summed E-state index contributed by atoms with van der Waals surface area (Å²) in [5.74, 6) is -5.90. The Bertz CT molecular complexity index is 1010. The molecule has 2 aliphatic rings. The lowest BCUT2D eigenvalue weighted by molar-refractivity contribution is -0.127. The van der Waals surface area contributed by atoms with E-state index in [4.69, 9.17) is 11.6 Å². The summed E-state index contributed by atoms with van der Waals surface area (Å²) in [7, 11) is 0. The van der Waals surface area contributed by atoms with Crippen LogP contribution in [-0.2, 0) is 4.79 Å². The molecule has 5 nitrogen and oxygen atoms in total. The minimum absolute atomic E-state index is 0.00584. The van der Waals surface area contributed by atoms with Crippen LogP contribution in [0.1, 0.15) is 45.0 Å². The van der Waals surface area contributed by atoms with Crippen molar-refractivity contribution in [1.82, 2.24) is 10.2 Å². The maximum Gasteiger partial charge on any atom is 0.262 e. The van der Waals surface area contributed by atoms with E-state index in [2.05, 4.69) is 5.32 Å². The van der Waals surface area contributed by atoms with Crippen LogP contribution in [0.4, 0.5) is 13.2 Å². The molecular formula is C21H16ClF3N2O3. The van der Waals surface area contributed by atoms with E-state index in [0.29, 0.717) is 17.7 Å². The number of benzene rings is 2. The van der Waals surface area contributed by atoms with Gasteiger partial charge in [0.1, 0.15) is 11.9 Å². The maximum absolute atomic E-state index is 14.7. The van der Waals surface area contributed by atoms with Gasteiger partial charge >= 0.3 is 0 Å². The number of carbonyl (C=O) groups is 3. The second-order valence-electron chi connectivity index (χ2n) is 7.26. The van der Waals surface area contributed by atoms with Crippen LogP contribution in [0.3, 0.4) is 0 Å². The number of nitrogens with zero attached hydrogens (tertiary/aromatic N) is 1. The lowest BCUT2D eigenvalue weighted by Crippen LogP contribution is -2.54. The fraction of sp³-hybridized carbons (Fsp3) is 0.286. The molecule has 4 rings (SSSR count). The number of nitrogens with one attached hydrogen (secondary N) is 1. The highest BCUT2D eigenvalue weighted by Gasteiger charge is 2.50. The average molecular weight is 437 g/mol. The Morgan fingerprint density at radius 3 is 2.17 bits per heavy atom. The first-order valence-corrected chi connectivity index (χ1v) is 9.68. The number of hydrogen-bond donors (Lipinski definition) is 1. The number of rotatable bonds is 6. The van der Waals surface area contributed by atoms with Gasteiger partial charge in [-0.1, -0.05) is 35.9 Å². The van der Waals surface area contributed by atoms with Gasteiger partial charge in [-0.25, -0.2) is 13.2 Å². The first-order chi connectivity index (χ1) is 14.3. The zero-order chi connectivity index (χ0) is 21.6. The molecule has 2 aromatic rings. The summed E-state index contributed by atoms with van der Waals surface area (Å²) in [6.45, 7) is 0. The molecule has 156 valence electrons. The molecule has 0 radical (unpaired) electrons. The van der Waals surface area contributed by atoms with Gasteiger partial charge in [-0.2, -0.15) is 0 Å². The van der Waals surface area contributed by atoms with Gasteiger partial charge in [0.05, 0.1) is 22.1 Å². The van der Waals surface area contributed by atoms with Gasteiger partial charge in [0, 0.05) is 11.6 Å². The van der Waals surface area contributed by atoms with Gasteiger partial charge in [0.25, 0.3) is 11.8 Å². The topological polar surface area (TPSA) is 66.5 Å². The number of halogens is 4. The van der Waals surface area contributed by atoms with Crippen LogP contribution in [0.15, 0.2) is 42.5 Å². The van der Waals surface area contributed by atoms with Crippen molar-refractivity contribution in [3.63, 3.8) is 0 Å². The first kappa shape index (κ1) is 20.4. The van der Waals surface area contributed by atoms with Crippen LogP contribution in [0, 0.1) is 5.82 Å². The number of carbonyl (C=O) groups excluding carboxylic acids is 3. The molecule has 2 unspecified atom stereocenters. The van der Waals surface area contributed by atoms with Crippen molar-refractivity contribution in [2.75, 3.05) is 0 Å². The summed E-state index contributed by atoms with van der Waals surface area (Å²) in [5, 5.41) is 2.16. The van der Waals surface area contributed by atoms with Crippen LogP contribution in [0.2, 0.25) is 5.02 Å². The zero-order valence-electron chi connectivity index (χ0n) is 15.4. The van der Waals surface area contributed by atoms with Crippen molar-refractivity contribution in [2.45, 2.75) is 37.3 Å². The third-order valence-electron chi connectivity index (χ3n) is 5.25. The second kappa shape index (κ2) is 7.75. The molecule has 0 spiro atoms. The molecule has 2 atom stereocenters. The van der Waals surface area contributed by atoms with Crippen molar-refractivity contribution in [3.05, 3.63) is 70.0 Å². The average Bonchev–Trinajstić information content (AvgIpc) is 3.49. The molecule has 1 N–H and O–H groups in total. The number of hydrogen-bond acceptors (Lipinski definition) is 3. The molecule has 3 amide bonds. The summed E-state index contributed by atoms with van der Waals surface area (Å²) in [6.07, 6.45) is -1.94. The fourth-order valence-corrected chi connectivity index (χ4v) is 3.82. The Hall–Kier alpha value is -2.87. The zero-order valence-corrected chi connectivity index (χ0v) is 16.2. The Balaban J connectivity index is 1.83. The highest BCUT2D eigenvalue weighted by atomic mass is 35.5. The van der Waals surface area contributed by atoms with Crippen LogP contribution in [0.25, 0.3) is 0 Å². The van der Waals surface area contributed by atoms with E-state index in [1.165, 1.54) is 36.4 Å². The monoisotopic (exact) mass is 436 g/mol. The molecule has 1 aliphatic heterocycles. The highest BCUT2D eigenvalue weighted by molar-refractivity contribution is 6.30. The lowest BCUT2D eigenvalue weighted by Gasteiger charge is -2.32. The molecule has 0 aromatic heterocycles. The van der Waals surface area contributed by atoms with Crippen molar-refractivity contribution in [1.29, 1.82) is 0 Å². The molecule has 1 fully saturated rings. The van der Waals surface area contributed by atoms with Gasteiger partial charge in [-0.15, -0.1) is 0 Å². The molecule has 0 saturated heterocycles. The predicted octanol–water partition coefficient (Wildman–Crippen LogP) is 3.77. The van der Waals surface area contributed by atoms with Crippen LogP contribution < -0.4 is 5.32 Å². The molecule has 0 bridgehead atoms. The van der Waals surface area contributed by atoms with Crippen LogP contribution in [0.5, 0.6) is 0 Å². The molecule has 1 heterocycles. The fourth-order valence-electron chi connectivity index (χ4n) is 3.64. The summed E-state index contributed by atoms with van der Waals surface area (Å²) < 4.78 is 43.2. The molecule has 30 heavy (non-hydrogen) atoms. The third-order valence-corrected chi connectivity index (χ3v) is 5.54. The highest BCUT2D eigenvalue weighted by Crippen LogP contribution is 2.37. The largest absolute Gasteiger partial charge is 0.352 e. The van der Waals surface area contributed by atoms with E-state index in [1.54, 1.807) is 0 Å². The second-order valence-corrected chi connectivity index (χ2v) is 7.66. The Kier molecular flexibility index (Phi) is 5.27. The van der Waals surface area contributed by atoms with E-state index < -0.39 is 52.5 Å². The van der Waals surface area contributed by atoms with E-state index in [0.717, 1.165) is 6.07 Å². The van der Waals surface area contributed by atoms with E-state index >= 15 is 0 Å². The van der Waals surface area contributed by atoms with E-state index in [1.807, 2.05) is 0 Å². The van der Waals surface area contributed by atoms with Gasteiger partial charge in [-0.05, 0) is 31.0 Å². The molecular weight excluding hydrogens is 421 g/mol. The number of fused-ring (bicyclic) bond motifs is 1. The Morgan fingerprint density at radius 2 is 1.63 bits per heavy atom. The van der Waals surface area contributed by atoms with E-state index in [9.17, 15) is 27.6 Å². The molecule has 1 aliphatic carbocycles. The summed E-state index contributed by atoms with van der Waals surface area (Å²) in [5.41, 5.74) is -0.525. The van der Waals surface area contributed by atoms with Crippen LogP contribution >= 0.6 is 11.6 Å². The summed E-state index contributed by atoms with van der Waals surface area (Å²) >= 11 is 5.76. The van der Waals surface area contributed by atoms with Gasteiger partial charge < -0.3 is 5.32 Å². The predicted molar refractivity (Wildman–Crippen MR) is 102 cm³/mol. The van der Waals surface area contributed by atoms with Crippen molar-refractivity contribution in [2.24, 2.45) is 0 Å². The van der Waals surface area contributed by atoms with Crippen molar-refractivity contribution >= 4 is 29.3 Å². The molecule has 1 saturated carbocycles. The minimum atomic E-state index is -3.25. The van der Waals surface area contributed by atoms with Crippen LogP contribution in [-0.4, -0.2) is 41.1 Å². The maximum atomic E-state index is 14.7. The van der Waals surface area contributed by atoms with Crippen molar-refractivity contribution < 1.29 is 27.6 Å². The number of alkyl halides is 2. The third kappa shape index (κ3) is 3.45. The number of imide groups is 1. The van der Waals surface area contributed by atoms with E-state index in [-0.39, 0.29) is 17.2 Å². The SMILES string of the molecule is O=C(NC1CC1)C(C(c1cccc(Cl)c1F)C(F)F)N1C(=O)c2ccccc2C1=O. The van der Waals surface area contributed by atoms with Gasteiger partial charge in [-0.3, -0.25) is 19.3 Å². The number of amides is 3. The van der Waals surface area contributed by atoms with Gasteiger partial charge in [0.15, 0.2) is 0 Å². The standard InChI is InChI=1S/C21H16ClF3N2O3/c22-14-7-3-6-13(16(14)23)15(18(24)25)17(19(28)26-10-8-9-10)27-20(29)11-4-1-2-5-12(11)21(27)30/h1-7,10,15,17-18H,8-9H2,(H,26,28). The Morgan fingerprint density at radius 1 is 1.03 bits per heavy atom. The molecule has 2 aromatic carbocycles. The minimum Gasteiger partial charge on any atom is -0.352 e. The quantitative estimate of drug-likeness (QED) is 0.701. The summed E-state index contributed by atoms with van der Waals surface area (Å²) in [4.78, 5) is 39.4. The summed E-state index contributed by atoms with van der Waals surface area (Å²) in [6, 6.07) is 7.17.